The van der Waals surface area contributed by atoms with Gasteiger partial charge in [-0.25, -0.2) is 4.98 Å². The number of hydrogen-bond donors (Lipinski definition) is 1. The predicted molar refractivity (Wildman–Crippen MR) is 100 cm³/mol. The molecule has 7 nitrogen and oxygen atoms in total. The topological polar surface area (TPSA) is 92.1 Å². The first-order valence-electron chi connectivity index (χ1n) is 8.51. The largest absolute Gasteiger partial charge is 0.506 e. The Balaban J connectivity index is 1.48. The van der Waals surface area contributed by atoms with Crippen LogP contribution in [0.5, 0.6) is 5.75 Å². The first kappa shape index (κ1) is 17.4. The summed E-state index contributed by atoms with van der Waals surface area (Å²) in [4.78, 5) is 22.3. The lowest BCUT2D eigenvalue weighted by molar-refractivity contribution is -0.120. The van der Waals surface area contributed by atoms with Gasteiger partial charge in [0, 0.05) is 30.4 Å². The van der Waals surface area contributed by atoms with Crippen LogP contribution < -0.4 is 4.90 Å². The summed E-state index contributed by atoms with van der Waals surface area (Å²) >= 11 is 5.81. The predicted octanol–water partition coefficient (Wildman–Crippen LogP) is 2.89. The third kappa shape index (κ3) is 3.59. The molecule has 1 atom stereocenters. The maximum Gasteiger partial charge on any atom is 0.231 e. The maximum atomic E-state index is 12.7. The first-order chi connectivity index (χ1) is 13.1. The molecule has 1 saturated heterocycles. The minimum absolute atomic E-state index is 0.0266. The van der Waals surface area contributed by atoms with Crippen LogP contribution in [0.2, 0.25) is 5.15 Å². The molecule has 3 aromatic rings. The molecule has 136 valence electrons. The SMILES string of the molecule is O=C1C(Cc2ccc(Cl)nc2)CCN1c1ccc(-c2ccncc2O)nn1. The Bertz CT molecular complexity index is 963. The van der Waals surface area contributed by atoms with Crippen LogP contribution in [0, 0.1) is 5.92 Å². The lowest BCUT2D eigenvalue weighted by atomic mass is 9.99. The van der Waals surface area contributed by atoms with Crippen LogP contribution in [-0.2, 0) is 11.2 Å². The number of aromatic hydroxyl groups is 1. The molecule has 0 bridgehead atoms. The van der Waals surface area contributed by atoms with Crippen molar-refractivity contribution >= 4 is 23.3 Å². The van der Waals surface area contributed by atoms with E-state index in [1.54, 1.807) is 41.6 Å². The van der Waals surface area contributed by atoms with Crippen LogP contribution in [0.15, 0.2) is 48.9 Å². The lowest BCUT2D eigenvalue weighted by Crippen LogP contribution is -2.28. The van der Waals surface area contributed by atoms with Crippen LogP contribution >= 0.6 is 11.6 Å². The van der Waals surface area contributed by atoms with Crippen LogP contribution in [0.25, 0.3) is 11.3 Å². The smallest absolute Gasteiger partial charge is 0.231 e. The van der Waals surface area contributed by atoms with E-state index in [1.165, 1.54) is 6.20 Å². The number of aromatic nitrogens is 4. The summed E-state index contributed by atoms with van der Waals surface area (Å²) in [6.45, 7) is 0.596. The third-order valence-corrected chi connectivity index (χ3v) is 4.81. The average molecular weight is 382 g/mol. The number of halogens is 1. The number of anilines is 1. The highest BCUT2D eigenvalue weighted by atomic mass is 35.5. The Kier molecular flexibility index (Phi) is 4.68. The number of carbonyl (C=O) groups is 1. The molecule has 1 fully saturated rings. The molecule has 1 amide bonds. The fourth-order valence-electron chi connectivity index (χ4n) is 3.18. The van der Waals surface area contributed by atoms with E-state index < -0.39 is 0 Å². The van der Waals surface area contributed by atoms with Gasteiger partial charge in [-0.2, -0.15) is 0 Å². The fraction of sp³-hybridized carbons (Fsp3) is 0.211. The monoisotopic (exact) mass is 381 g/mol. The molecule has 27 heavy (non-hydrogen) atoms. The van der Waals surface area contributed by atoms with Crippen molar-refractivity contribution in [3.8, 4) is 17.0 Å². The van der Waals surface area contributed by atoms with Crippen molar-refractivity contribution in [1.29, 1.82) is 0 Å². The highest BCUT2D eigenvalue weighted by Gasteiger charge is 2.33. The van der Waals surface area contributed by atoms with E-state index in [4.69, 9.17) is 11.6 Å². The van der Waals surface area contributed by atoms with Gasteiger partial charge in [0.25, 0.3) is 0 Å². The van der Waals surface area contributed by atoms with Crippen molar-refractivity contribution in [2.75, 3.05) is 11.4 Å². The van der Waals surface area contributed by atoms with E-state index in [0.29, 0.717) is 35.2 Å². The Hall–Kier alpha value is -3.06. The standard InChI is InChI=1S/C19H16ClN5O2/c20-17-3-1-12(10-22-17)9-13-6-8-25(19(13)27)18-4-2-15(23-24-18)14-5-7-21-11-16(14)26/h1-5,7,10-11,13,26H,6,8-9H2. The molecule has 1 unspecified atom stereocenters. The molecule has 1 aliphatic heterocycles. The molecule has 0 aromatic carbocycles. The zero-order valence-electron chi connectivity index (χ0n) is 14.3. The van der Waals surface area contributed by atoms with Crippen molar-refractivity contribution in [2.45, 2.75) is 12.8 Å². The first-order valence-corrected chi connectivity index (χ1v) is 8.88. The average Bonchev–Trinajstić information content (AvgIpc) is 3.05. The quantitative estimate of drug-likeness (QED) is 0.698. The molecular weight excluding hydrogens is 366 g/mol. The number of hydrogen-bond acceptors (Lipinski definition) is 6. The Labute approximate surface area is 160 Å². The normalized spacial score (nSPS) is 16.7. The molecule has 3 aromatic heterocycles. The molecule has 1 N–H and O–H groups in total. The number of amides is 1. The molecule has 0 aliphatic carbocycles. The van der Waals surface area contributed by atoms with Crippen LogP contribution in [-0.4, -0.2) is 37.7 Å². The highest BCUT2D eigenvalue weighted by Crippen LogP contribution is 2.29. The van der Waals surface area contributed by atoms with Crippen molar-refractivity contribution in [3.63, 3.8) is 0 Å². The number of pyridine rings is 2. The minimum Gasteiger partial charge on any atom is -0.506 e. The van der Waals surface area contributed by atoms with Crippen LogP contribution in [0.3, 0.4) is 0 Å². The van der Waals surface area contributed by atoms with Crippen molar-refractivity contribution in [2.24, 2.45) is 5.92 Å². The molecule has 4 rings (SSSR count). The Morgan fingerprint density at radius 2 is 2.04 bits per heavy atom. The van der Waals surface area contributed by atoms with Crippen LogP contribution in [0.4, 0.5) is 5.82 Å². The summed E-state index contributed by atoms with van der Waals surface area (Å²) < 4.78 is 0. The van der Waals surface area contributed by atoms with Crippen LogP contribution in [0.1, 0.15) is 12.0 Å². The van der Waals surface area contributed by atoms with Gasteiger partial charge in [0.1, 0.15) is 10.9 Å². The van der Waals surface area contributed by atoms with Gasteiger partial charge >= 0.3 is 0 Å². The van der Waals surface area contributed by atoms with E-state index in [1.807, 2.05) is 6.07 Å². The zero-order chi connectivity index (χ0) is 18.8. The minimum atomic E-state index is -0.112. The Morgan fingerprint density at radius 3 is 2.74 bits per heavy atom. The molecule has 0 radical (unpaired) electrons. The van der Waals surface area contributed by atoms with Gasteiger partial charge in [-0.15, -0.1) is 10.2 Å². The maximum absolute atomic E-state index is 12.7. The summed E-state index contributed by atoms with van der Waals surface area (Å²) in [6, 6.07) is 8.76. The van der Waals surface area contributed by atoms with Crippen molar-refractivity contribution in [1.82, 2.24) is 20.2 Å². The van der Waals surface area contributed by atoms with E-state index in [-0.39, 0.29) is 17.6 Å². The second kappa shape index (κ2) is 7.28. The molecular formula is C19H16ClN5O2. The fourth-order valence-corrected chi connectivity index (χ4v) is 3.29. The van der Waals surface area contributed by atoms with Gasteiger partial charge in [0.2, 0.25) is 5.91 Å². The summed E-state index contributed by atoms with van der Waals surface area (Å²) in [5, 5.41) is 18.6. The van der Waals surface area contributed by atoms with E-state index in [9.17, 15) is 9.90 Å². The third-order valence-electron chi connectivity index (χ3n) is 4.59. The molecule has 0 spiro atoms. The van der Waals surface area contributed by atoms with E-state index in [2.05, 4.69) is 20.2 Å². The van der Waals surface area contributed by atoms with Gasteiger partial charge < -0.3 is 5.11 Å². The molecule has 4 heterocycles. The molecule has 8 heteroatoms. The number of carbonyl (C=O) groups excluding carboxylic acids is 1. The molecule has 1 aliphatic rings. The number of rotatable bonds is 4. The number of nitrogens with zero attached hydrogens (tertiary/aromatic N) is 5. The second-order valence-electron chi connectivity index (χ2n) is 6.34. The lowest BCUT2D eigenvalue weighted by Gasteiger charge is -2.15. The van der Waals surface area contributed by atoms with E-state index >= 15 is 0 Å². The van der Waals surface area contributed by atoms with Crippen molar-refractivity contribution in [3.05, 3.63) is 59.6 Å². The van der Waals surface area contributed by atoms with Crippen molar-refractivity contribution < 1.29 is 9.90 Å². The van der Waals surface area contributed by atoms with Gasteiger partial charge in [-0.05, 0) is 42.7 Å². The van der Waals surface area contributed by atoms with Gasteiger partial charge in [0.15, 0.2) is 5.82 Å². The zero-order valence-corrected chi connectivity index (χ0v) is 15.0. The highest BCUT2D eigenvalue weighted by molar-refractivity contribution is 6.29. The summed E-state index contributed by atoms with van der Waals surface area (Å²) in [7, 11) is 0. The second-order valence-corrected chi connectivity index (χ2v) is 6.73. The van der Waals surface area contributed by atoms with Gasteiger partial charge in [0.05, 0.1) is 11.9 Å². The van der Waals surface area contributed by atoms with E-state index in [0.717, 1.165) is 12.0 Å². The van der Waals surface area contributed by atoms with Gasteiger partial charge in [-0.3, -0.25) is 14.7 Å². The molecule has 0 saturated carbocycles. The Morgan fingerprint density at radius 1 is 1.15 bits per heavy atom. The van der Waals surface area contributed by atoms with Gasteiger partial charge in [-0.1, -0.05) is 17.7 Å². The summed E-state index contributed by atoms with van der Waals surface area (Å²) in [6.07, 6.45) is 6.00. The summed E-state index contributed by atoms with van der Waals surface area (Å²) in [5.74, 6) is 0.458. The summed E-state index contributed by atoms with van der Waals surface area (Å²) in [5.41, 5.74) is 2.05.